The second-order valence-electron chi connectivity index (χ2n) is 2.36. The smallest absolute Gasteiger partial charge is 0.0752 e. The molecule has 2 N–H and O–H groups in total. The van der Waals surface area contributed by atoms with Crippen molar-refractivity contribution in [1.29, 1.82) is 0 Å². The minimum absolute atomic E-state index is 0.707. The Balaban J connectivity index is 2.70. The summed E-state index contributed by atoms with van der Waals surface area (Å²) in [6.45, 7) is 1.80. The van der Waals surface area contributed by atoms with Crippen LogP contribution < -0.4 is 5.84 Å². The van der Waals surface area contributed by atoms with E-state index in [0.29, 0.717) is 5.71 Å². The van der Waals surface area contributed by atoms with Crippen LogP contribution in [0.3, 0.4) is 0 Å². The van der Waals surface area contributed by atoms with Gasteiger partial charge in [0.25, 0.3) is 0 Å². The summed E-state index contributed by atoms with van der Waals surface area (Å²) in [4.78, 5) is 4.14. The Labute approximate surface area is 71.6 Å². The maximum absolute atomic E-state index is 5.03. The highest BCUT2D eigenvalue weighted by Crippen LogP contribution is 2.07. The standard InChI is InChI=1S/C9H11N3/c1-8(12-10)7-11-9-5-3-2-4-6-9/h2-7H,10H2,1H3. The Morgan fingerprint density at radius 3 is 2.58 bits per heavy atom. The molecule has 0 aromatic heterocycles. The van der Waals surface area contributed by atoms with E-state index >= 15 is 0 Å². The zero-order chi connectivity index (χ0) is 8.81. The molecule has 0 aliphatic heterocycles. The Kier molecular flexibility index (Phi) is 3.02. The Morgan fingerprint density at radius 2 is 2.00 bits per heavy atom. The maximum Gasteiger partial charge on any atom is 0.0752 e. The van der Waals surface area contributed by atoms with Crippen LogP contribution in [0.15, 0.2) is 40.4 Å². The van der Waals surface area contributed by atoms with Gasteiger partial charge in [-0.05, 0) is 19.1 Å². The second-order valence-corrected chi connectivity index (χ2v) is 2.36. The third-order valence-electron chi connectivity index (χ3n) is 1.36. The van der Waals surface area contributed by atoms with Crippen molar-refractivity contribution >= 4 is 17.6 Å². The van der Waals surface area contributed by atoms with Gasteiger partial charge in [0, 0.05) is 0 Å². The number of benzene rings is 1. The van der Waals surface area contributed by atoms with Crippen molar-refractivity contribution in [3.8, 4) is 0 Å². The van der Waals surface area contributed by atoms with Gasteiger partial charge in [0.2, 0.25) is 0 Å². The molecule has 0 unspecified atom stereocenters. The van der Waals surface area contributed by atoms with Crippen molar-refractivity contribution in [2.45, 2.75) is 6.92 Å². The molecule has 0 atom stereocenters. The topological polar surface area (TPSA) is 50.7 Å². The van der Waals surface area contributed by atoms with E-state index in [1.54, 1.807) is 13.1 Å². The SMILES string of the molecule is CC(C=Nc1ccccc1)=NN. The lowest BCUT2D eigenvalue weighted by atomic mass is 10.3. The number of para-hydroxylation sites is 1. The van der Waals surface area contributed by atoms with Gasteiger partial charge < -0.3 is 5.84 Å². The van der Waals surface area contributed by atoms with E-state index in [1.807, 2.05) is 30.3 Å². The van der Waals surface area contributed by atoms with Crippen LogP contribution in [-0.2, 0) is 0 Å². The van der Waals surface area contributed by atoms with E-state index < -0.39 is 0 Å². The Hall–Kier alpha value is -1.64. The number of nitrogens with two attached hydrogens (primary N) is 1. The normalized spacial score (nSPS) is 12.2. The molecule has 1 rings (SSSR count). The summed E-state index contributed by atoms with van der Waals surface area (Å²) in [5.41, 5.74) is 1.61. The van der Waals surface area contributed by atoms with Crippen LogP contribution in [0.5, 0.6) is 0 Å². The first-order valence-corrected chi connectivity index (χ1v) is 3.66. The molecule has 0 saturated carbocycles. The molecule has 1 aromatic rings. The van der Waals surface area contributed by atoms with E-state index in [9.17, 15) is 0 Å². The lowest BCUT2D eigenvalue weighted by Gasteiger charge is -1.90. The van der Waals surface area contributed by atoms with Crippen molar-refractivity contribution in [3.05, 3.63) is 30.3 Å². The van der Waals surface area contributed by atoms with Crippen molar-refractivity contribution in [2.24, 2.45) is 15.9 Å². The molecule has 0 heterocycles. The van der Waals surface area contributed by atoms with Gasteiger partial charge in [0.1, 0.15) is 0 Å². The van der Waals surface area contributed by atoms with Crippen molar-refractivity contribution in [1.82, 2.24) is 0 Å². The monoisotopic (exact) mass is 161 g/mol. The summed E-state index contributed by atoms with van der Waals surface area (Å²) in [5, 5.41) is 3.47. The molecular formula is C9H11N3. The van der Waals surface area contributed by atoms with E-state index in [1.165, 1.54) is 0 Å². The third kappa shape index (κ3) is 2.54. The molecule has 0 amide bonds. The van der Waals surface area contributed by atoms with E-state index in [2.05, 4.69) is 10.1 Å². The predicted octanol–water partition coefficient (Wildman–Crippen LogP) is 1.72. The fourth-order valence-corrected chi connectivity index (χ4v) is 0.715. The molecule has 1 aromatic carbocycles. The number of aliphatic imine (C=N–C) groups is 1. The van der Waals surface area contributed by atoms with Crippen LogP contribution in [-0.4, -0.2) is 11.9 Å². The van der Waals surface area contributed by atoms with Crippen LogP contribution in [0, 0.1) is 0 Å². The minimum Gasteiger partial charge on any atom is -0.323 e. The molecule has 0 aliphatic carbocycles. The maximum atomic E-state index is 5.03. The molecule has 12 heavy (non-hydrogen) atoms. The zero-order valence-electron chi connectivity index (χ0n) is 6.94. The molecule has 3 nitrogen and oxygen atoms in total. The molecule has 0 saturated heterocycles. The lowest BCUT2D eigenvalue weighted by Crippen LogP contribution is -1.96. The van der Waals surface area contributed by atoms with E-state index in [-0.39, 0.29) is 0 Å². The van der Waals surface area contributed by atoms with Gasteiger partial charge in [0.15, 0.2) is 0 Å². The van der Waals surface area contributed by atoms with Crippen LogP contribution in [0.2, 0.25) is 0 Å². The van der Waals surface area contributed by atoms with Gasteiger partial charge in [-0.25, -0.2) is 0 Å². The molecule has 0 spiro atoms. The van der Waals surface area contributed by atoms with Crippen molar-refractivity contribution < 1.29 is 0 Å². The third-order valence-corrected chi connectivity index (χ3v) is 1.36. The minimum atomic E-state index is 0.707. The van der Waals surface area contributed by atoms with Gasteiger partial charge in [-0.2, -0.15) is 5.10 Å². The molecular weight excluding hydrogens is 150 g/mol. The average molecular weight is 161 g/mol. The molecule has 3 heteroatoms. The average Bonchev–Trinajstić information content (AvgIpc) is 2.16. The van der Waals surface area contributed by atoms with Gasteiger partial charge in [0.05, 0.1) is 17.6 Å². The fourth-order valence-electron chi connectivity index (χ4n) is 0.715. The van der Waals surface area contributed by atoms with E-state index in [4.69, 9.17) is 5.84 Å². The molecule has 0 radical (unpaired) electrons. The second kappa shape index (κ2) is 4.28. The van der Waals surface area contributed by atoms with Crippen LogP contribution in [0.4, 0.5) is 5.69 Å². The first-order valence-electron chi connectivity index (χ1n) is 3.66. The van der Waals surface area contributed by atoms with Crippen molar-refractivity contribution in [2.75, 3.05) is 0 Å². The number of rotatable bonds is 2. The number of hydrogen-bond acceptors (Lipinski definition) is 3. The Bertz CT molecular complexity index is 288. The van der Waals surface area contributed by atoms with Gasteiger partial charge in [-0.3, -0.25) is 4.99 Å². The van der Waals surface area contributed by atoms with Crippen LogP contribution >= 0.6 is 0 Å². The number of hydrazone groups is 1. The summed E-state index contributed by atoms with van der Waals surface area (Å²) in [6.07, 6.45) is 1.63. The first-order chi connectivity index (χ1) is 5.83. The summed E-state index contributed by atoms with van der Waals surface area (Å²) in [5.74, 6) is 5.03. The highest BCUT2D eigenvalue weighted by Gasteiger charge is 1.84. The lowest BCUT2D eigenvalue weighted by molar-refractivity contribution is 1.25. The highest BCUT2D eigenvalue weighted by molar-refractivity contribution is 6.29. The Morgan fingerprint density at radius 1 is 1.33 bits per heavy atom. The molecule has 0 aliphatic rings. The summed E-state index contributed by atoms with van der Waals surface area (Å²) < 4.78 is 0. The highest BCUT2D eigenvalue weighted by atomic mass is 15.1. The quantitative estimate of drug-likeness (QED) is 0.401. The molecule has 0 fully saturated rings. The van der Waals surface area contributed by atoms with Crippen LogP contribution in [0.25, 0.3) is 0 Å². The first kappa shape index (κ1) is 8.46. The summed E-state index contributed by atoms with van der Waals surface area (Å²) in [7, 11) is 0. The van der Waals surface area contributed by atoms with Crippen LogP contribution in [0.1, 0.15) is 6.92 Å². The largest absolute Gasteiger partial charge is 0.323 e. The van der Waals surface area contributed by atoms with E-state index in [0.717, 1.165) is 5.69 Å². The molecule has 0 bridgehead atoms. The number of hydrogen-bond donors (Lipinski definition) is 1. The number of nitrogens with zero attached hydrogens (tertiary/aromatic N) is 2. The van der Waals surface area contributed by atoms with Gasteiger partial charge >= 0.3 is 0 Å². The fraction of sp³-hybridized carbons (Fsp3) is 0.111. The molecule has 62 valence electrons. The zero-order valence-corrected chi connectivity index (χ0v) is 6.94. The summed E-state index contributed by atoms with van der Waals surface area (Å²) >= 11 is 0. The summed E-state index contributed by atoms with van der Waals surface area (Å²) in [6, 6.07) is 9.65. The van der Waals surface area contributed by atoms with Gasteiger partial charge in [-0.1, -0.05) is 18.2 Å². The van der Waals surface area contributed by atoms with Crippen molar-refractivity contribution in [3.63, 3.8) is 0 Å². The van der Waals surface area contributed by atoms with Gasteiger partial charge in [-0.15, -0.1) is 0 Å². The predicted molar refractivity (Wildman–Crippen MR) is 51.9 cm³/mol.